The summed E-state index contributed by atoms with van der Waals surface area (Å²) in [4.78, 5) is 34.8. The summed E-state index contributed by atoms with van der Waals surface area (Å²) >= 11 is 0. The maximum Gasteiger partial charge on any atom is 0.417 e. The molecule has 2 fully saturated rings. The molecule has 3 heterocycles. The zero-order valence-electron chi connectivity index (χ0n) is 17.8. The van der Waals surface area contributed by atoms with Gasteiger partial charge in [-0.25, -0.2) is 4.98 Å². The van der Waals surface area contributed by atoms with Crippen LogP contribution in [0, 0.1) is 5.92 Å². The molecule has 170 valence electrons. The van der Waals surface area contributed by atoms with Crippen LogP contribution in [0.2, 0.25) is 0 Å². The van der Waals surface area contributed by atoms with Gasteiger partial charge < -0.3 is 14.7 Å². The van der Waals surface area contributed by atoms with Gasteiger partial charge >= 0.3 is 6.18 Å². The van der Waals surface area contributed by atoms with Crippen molar-refractivity contribution in [3.05, 3.63) is 53.7 Å². The van der Waals surface area contributed by atoms with E-state index in [2.05, 4.69) is 11.9 Å². The number of hydrogen-bond donors (Lipinski definition) is 0. The van der Waals surface area contributed by atoms with Crippen molar-refractivity contribution >= 4 is 23.3 Å². The maximum absolute atomic E-state index is 13.0. The van der Waals surface area contributed by atoms with Gasteiger partial charge in [0.1, 0.15) is 5.82 Å². The van der Waals surface area contributed by atoms with E-state index in [9.17, 15) is 22.8 Å². The fourth-order valence-corrected chi connectivity index (χ4v) is 4.22. The second-order valence-electron chi connectivity index (χ2n) is 8.14. The Morgan fingerprint density at radius 3 is 2.50 bits per heavy atom. The lowest BCUT2D eigenvalue weighted by molar-refractivity contribution is -0.138. The Bertz CT molecular complexity index is 985. The molecule has 2 amide bonds. The summed E-state index contributed by atoms with van der Waals surface area (Å²) in [6, 6.07) is 10.2. The van der Waals surface area contributed by atoms with E-state index in [1.165, 1.54) is 6.07 Å². The van der Waals surface area contributed by atoms with Gasteiger partial charge in [-0.05, 0) is 36.2 Å². The molecule has 2 aliphatic heterocycles. The van der Waals surface area contributed by atoms with Crippen LogP contribution in [-0.4, -0.2) is 54.4 Å². The summed E-state index contributed by atoms with van der Waals surface area (Å²) in [6.07, 6.45) is -2.52. The Kier molecular flexibility index (Phi) is 6.08. The molecular weight excluding hydrogens is 421 g/mol. The average Bonchev–Trinajstić information content (AvgIpc) is 3.20. The van der Waals surface area contributed by atoms with E-state index in [-0.39, 0.29) is 24.2 Å². The molecule has 6 nitrogen and oxygen atoms in total. The summed E-state index contributed by atoms with van der Waals surface area (Å²) < 4.78 is 38.2. The van der Waals surface area contributed by atoms with Crippen molar-refractivity contribution in [2.75, 3.05) is 42.5 Å². The predicted octanol–water partition coefficient (Wildman–Crippen LogP) is 3.36. The number of carbonyl (C=O) groups is 2. The average molecular weight is 446 g/mol. The van der Waals surface area contributed by atoms with Gasteiger partial charge in [0.15, 0.2) is 0 Å². The Morgan fingerprint density at radius 2 is 1.88 bits per heavy atom. The monoisotopic (exact) mass is 446 g/mol. The van der Waals surface area contributed by atoms with Gasteiger partial charge in [-0.1, -0.05) is 19.1 Å². The van der Waals surface area contributed by atoms with Crippen molar-refractivity contribution in [2.24, 2.45) is 5.92 Å². The Balaban J connectivity index is 1.35. The number of pyridine rings is 1. The quantitative estimate of drug-likeness (QED) is 0.723. The smallest absolute Gasteiger partial charge is 0.353 e. The summed E-state index contributed by atoms with van der Waals surface area (Å²) in [5, 5.41) is 0. The van der Waals surface area contributed by atoms with Gasteiger partial charge in [0, 0.05) is 51.0 Å². The molecule has 0 aliphatic carbocycles. The van der Waals surface area contributed by atoms with E-state index in [4.69, 9.17) is 0 Å². The molecule has 0 saturated carbocycles. The van der Waals surface area contributed by atoms with Gasteiger partial charge in [-0.2, -0.15) is 13.2 Å². The standard InChI is InChI=1S/C23H25F3N4O2/c1-2-16-4-3-5-19(12-16)30-15-17(13-21(30)31)22(32)29-10-8-28(9-11-29)20-7-6-18(14-27-20)23(24,25)26/h3-7,12,14,17H,2,8-11,13,15H2,1H3. The Morgan fingerprint density at radius 1 is 1.12 bits per heavy atom. The number of alkyl halides is 3. The van der Waals surface area contributed by atoms with Gasteiger partial charge in [0.25, 0.3) is 0 Å². The number of halogens is 3. The van der Waals surface area contributed by atoms with E-state index in [0.717, 1.165) is 29.9 Å². The van der Waals surface area contributed by atoms with Gasteiger partial charge in [-0.3, -0.25) is 9.59 Å². The number of piperazine rings is 1. The van der Waals surface area contributed by atoms with Crippen molar-refractivity contribution in [2.45, 2.75) is 25.9 Å². The zero-order valence-corrected chi connectivity index (χ0v) is 17.8. The first-order chi connectivity index (χ1) is 15.3. The van der Waals surface area contributed by atoms with E-state index in [0.29, 0.717) is 38.5 Å². The SMILES string of the molecule is CCc1cccc(N2CC(C(=O)N3CCN(c4ccc(C(F)(F)F)cn4)CC3)CC2=O)c1. The van der Waals surface area contributed by atoms with Crippen molar-refractivity contribution in [1.82, 2.24) is 9.88 Å². The minimum atomic E-state index is -4.42. The van der Waals surface area contributed by atoms with Gasteiger partial charge in [0.05, 0.1) is 11.5 Å². The zero-order chi connectivity index (χ0) is 22.9. The molecule has 1 unspecified atom stereocenters. The lowest BCUT2D eigenvalue weighted by atomic mass is 10.1. The first-order valence-corrected chi connectivity index (χ1v) is 10.7. The second kappa shape index (κ2) is 8.80. The molecule has 1 aromatic carbocycles. The topological polar surface area (TPSA) is 56.8 Å². The third kappa shape index (κ3) is 4.56. The molecule has 2 saturated heterocycles. The van der Waals surface area contributed by atoms with Crippen LogP contribution >= 0.6 is 0 Å². The third-order valence-electron chi connectivity index (χ3n) is 6.10. The fourth-order valence-electron chi connectivity index (χ4n) is 4.22. The highest BCUT2D eigenvalue weighted by Crippen LogP contribution is 2.30. The normalized spacial score (nSPS) is 19.6. The molecule has 1 atom stereocenters. The van der Waals surface area contributed by atoms with Crippen LogP contribution in [0.25, 0.3) is 0 Å². The minimum absolute atomic E-state index is 0.0486. The second-order valence-corrected chi connectivity index (χ2v) is 8.14. The van der Waals surface area contributed by atoms with E-state index in [1.54, 1.807) is 9.80 Å². The highest BCUT2D eigenvalue weighted by atomic mass is 19.4. The summed E-state index contributed by atoms with van der Waals surface area (Å²) in [7, 11) is 0. The lowest BCUT2D eigenvalue weighted by Gasteiger charge is -2.36. The van der Waals surface area contributed by atoms with E-state index < -0.39 is 11.7 Å². The van der Waals surface area contributed by atoms with Crippen LogP contribution < -0.4 is 9.80 Å². The molecule has 0 bridgehead atoms. The Labute approximate surface area is 184 Å². The summed E-state index contributed by atoms with van der Waals surface area (Å²) in [6.45, 7) is 4.26. The van der Waals surface area contributed by atoms with Crippen molar-refractivity contribution < 1.29 is 22.8 Å². The summed E-state index contributed by atoms with van der Waals surface area (Å²) in [5.74, 6) is -0.0247. The van der Waals surface area contributed by atoms with Crippen molar-refractivity contribution in [1.29, 1.82) is 0 Å². The third-order valence-corrected chi connectivity index (χ3v) is 6.10. The van der Waals surface area contributed by atoms with E-state index >= 15 is 0 Å². The highest BCUT2D eigenvalue weighted by molar-refractivity contribution is 6.00. The highest BCUT2D eigenvalue weighted by Gasteiger charge is 2.38. The number of carbonyl (C=O) groups excluding carboxylic acids is 2. The van der Waals surface area contributed by atoms with Crippen LogP contribution in [0.1, 0.15) is 24.5 Å². The van der Waals surface area contributed by atoms with E-state index in [1.807, 2.05) is 29.2 Å². The fraction of sp³-hybridized carbons (Fsp3) is 0.435. The first kappa shape index (κ1) is 22.1. The largest absolute Gasteiger partial charge is 0.417 e. The van der Waals surface area contributed by atoms with Crippen LogP contribution in [0.3, 0.4) is 0 Å². The first-order valence-electron chi connectivity index (χ1n) is 10.7. The number of anilines is 2. The number of nitrogens with zero attached hydrogens (tertiary/aromatic N) is 4. The molecule has 0 spiro atoms. The van der Waals surface area contributed by atoms with Crippen LogP contribution in [0.4, 0.5) is 24.7 Å². The predicted molar refractivity (Wildman–Crippen MR) is 114 cm³/mol. The molecule has 32 heavy (non-hydrogen) atoms. The number of aryl methyl sites for hydroxylation is 1. The van der Waals surface area contributed by atoms with Crippen LogP contribution in [-0.2, 0) is 22.2 Å². The van der Waals surface area contributed by atoms with Crippen molar-refractivity contribution in [3.63, 3.8) is 0 Å². The minimum Gasteiger partial charge on any atom is -0.353 e. The van der Waals surface area contributed by atoms with Crippen LogP contribution in [0.5, 0.6) is 0 Å². The summed E-state index contributed by atoms with van der Waals surface area (Å²) in [5.41, 5.74) is 1.18. The number of benzene rings is 1. The van der Waals surface area contributed by atoms with Crippen LogP contribution in [0.15, 0.2) is 42.6 Å². The number of aromatic nitrogens is 1. The molecular formula is C23H25F3N4O2. The number of hydrogen-bond acceptors (Lipinski definition) is 4. The van der Waals surface area contributed by atoms with Gasteiger partial charge in [0.2, 0.25) is 11.8 Å². The lowest BCUT2D eigenvalue weighted by Crippen LogP contribution is -2.51. The Hall–Kier alpha value is -3.10. The molecule has 2 aliphatic rings. The molecule has 4 rings (SSSR count). The number of amides is 2. The molecule has 2 aromatic rings. The van der Waals surface area contributed by atoms with Gasteiger partial charge in [-0.15, -0.1) is 0 Å². The molecule has 9 heteroatoms. The molecule has 0 N–H and O–H groups in total. The molecule has 1 aromatic heterocycles. The maximum atomic E-state index is 13.0. The number of rotatable bonds is 4. The van der Waals surface area contributed by atoms with Crippen molar-refractivity contribution in [3.8, 4) is 0 Å². The molecule has 0 radical (unpaired) electrons.